The average molecular weight is 361 g/mol. The monoisotopic (exact) mass is 361 g/mol. The lowest BCUT2D eigenvalue weighted by Crippen LogP contribution is -2.43. The number of fused-ring (bicyclic) bond motifs is 1. The van der Waals surface area contributed by atoms with Crippen LogP contribution in [0.3, 0.4) is 0 Å². The molecular weight excluding hydrogens is 338 g/mol. The molecule has 27 heavy (non-hydrogen) atoms. The van der Waals surface area contributed by atoms with Crippen molar-refractivity contribution in [3.63, 3.8) is 0 Å². The molecule has 0 fully saturated rings. The lowest BCUT2D eigenvalue weighted by Gasteiger charge is -2.31. The lowest BCUT2D eigenvalue weighted by molar-refractivity contribution is 0.0922. The van der Waals surface area contributed by atoms with E-state index in [0.29, 0.717) is 11.4 Å². The zero-order chi connectivity index (χ0) is 18.6. The molecule has 3 heterocycles. The highest BCUT2D eigenvalue weighted by molar-refractivity contribution is 5.93. The van der Waals surface area contributed by atoms with Gasteiger partial charge in [-0.05, 0) is 42.7 Å². The van der Waals surface area contributed by atoms with Crippen LogP contribution in [-0.2, 0) is 13.0 Å². The molecule has 4 rings (SSSR count). The molecule has 0 unspecified atom stereocenters. The van der Waals surface area contributed by atoms with Crippen LogP contribution < -0.4 is 5.32 Å². The van der Waals surface area contributed by atoms with E-state index in [1.54, 1.807) is 12.3 Å². The zero-order valence-electron chi connectivity index (χ0n) is 15.4. The Morgan fingerprint density at radius 2 is 2.00 bits per heavy atom. The Morgan fingerprint density at radius 3 is 2.81 bits per heavy atom. The van der Waals surface area contributed by atoms with E-state index in [-0.39, 0.29) is 11.9 Å². The summed E-state index contributed by atoms with van der Waals surface area (Å²) in [6, 6.07) is 16.0. The predicted molar refractivity (Wildman–Crippen MR) is 104 cm³/mol. The third-order valence-corrected chi connectivity index (χ3v) is 4.87. The molecule has 0 saturated carbocycles. The van der Waals surface area contributed by atoms with E-state index < -0.39 is 0 Å². The normalized spacial score (nSPS) is 15.1. The van der Waals surface area contributed by atoms with Crippen molar-refractivity contribution in [2.75, 3.05) is 13.1 Å². The van der Waals surface area contributed by atoms with Gasteiger partial charge in [-0.1, -0.05) is 30.3 Å². The molecular formula is C21H23N5O. The Labute approximate surface area is 158 Å². The van der Waals surface area contributed by atoms with Gasteiger partial charge in [-0.3, -0.25) is 19.8 Å². The van der Waals surface area contributed by atoms with Crippen LogP contribution in [0, 0.1) is 0 Å². The second kappa shape index (κ2) is 7.72. The first-order chi connectivity index (χ1) is 13.2. The van der Waals surface area contributed by atoms with E-state index in [1.807, 2.05) is 25.1 Å². The van der Waals surface area contributed by atoms with Gasteiger partial charge in [0, 0.05) is 31.9 Å². The van der Waals surface area contributed by atoms with E-state index in [9.17, 15) is 4.79 Å². The van der Waals surface area contributed by atoms with Gasteiger partial charge in [0.1, 0.15) is 11.4 Å². The maximum Gasteiger partial charge on any atom is 0.269 e. The molecule has 0 spiro atoms. The fourth-order valence-electron chi connectivity index (χ4n) is 3.53. The van der Waals surface area contributed by atoms with Crippen molar-refractivity contribution in [3.8, 4) is 11.4 Å². The number of H-pyrrole nitrogens is 1. The first-order valence-electron chi connectivity index (χ1n) is 9.26. The topological polar surface area (TPSA) is 73.9 Å². The molecule has 6 nitrogen and oxygen atoms in total. The summed E-state index contributed by atoms with van der Waals surface area (Å²) in [7, 11) is 0. The molecule has 138 valence electrons. The molecule has 2 aromatic heterocycles. The minimum atomic E-state index is -0.144. The van der Waals surface area contributed by atoms with Crippen LogP contribution in [0.4, 0.5) is 0 Å². The Morgan fingerprint density at radius 1 is 1.19 bits per heavy atom. The van der Waals surface area contributed by atoms with Gasteiger partial charge in [0.25, 0.3) is 5.91 Å². The standard InChI is InChI=1S/C21H23N5O/c1-15(13-26-11-9-16-6-2-3-7-17(16)14-26)23-21(27)20-12-19(24-25-20)18-8-4-5-10-22-18/h2-8,10,12,15H,9,11,13-14H2,1H3,(H,23,27)(H,24,25)/t15-/m1/s1. The van der Waals surface area contributed by atoms with Gasteiger partial charge in [0.15, 0.2) is 0 Å². The zero-order valence-corrected chi connectivity index (χ0v) is 15.4. The number of carbonyl (C=O) groups excluding carboxylic acids is 1. The van der Waals surface area contributed by atoms with Gasteiger partial charge < -0.3 is 5.32 Å². The fraction of sp³-hybridized carbons (Fsp3) is 0.286. The van der Waals surface area contributed by atoms with Crippen molar-refractivity contribution in [3.05, 3.63) is 71.5 Å². The number of carbonyl (C=O) groups is 1. The van der Waals surface area contributed by atoms with Crippen LogP contribution in [0.15, 0.2) is 54.7 Å². The predicted octanol–water partition coefficient (Wildman–Crippen LogP) is 2.65. The van der Waals surface area contributed by atoms with Crippen molar-refractivity contribution in [1.29, 1.82) is 0 Å². The number of nitrogens with zero attached hydrogens (tertiary/aromatic N) is 3. The van der Waals surface area contributed by atoms with E-state index in [4.69, 9.17) is 0 Å². The Bertz CT molecular complexity index is 921. The number of benzene rings is 1. The van der Waals surface area contributed by atoms with Crippen molar-refractivity contribution >= 4 is 5.91 Å². The van der Waals surface area contributed by atoms with E-state index in [0.717, 1.165) is 31.7 Å². The van der Waals surface area contributed by atoms with Crippen LogP contribution in [0.5, 0.6) is 0 Å². The summed E-state index contributed by atoms with van der Waals surface area (Å²) in [5.74, 6) is -0.144. The molecule has 1 aromatic carbocycles. The number of nitrogens with one attached hydrogen (secondary N) is 2. The second-order valence-corrected chi connectivity index (χ2v) is 7.01. The van der Waals surface area contributed by atoms with E-state index in [2.05, 4.69) is 49.7 Å². The number of amides is 1. The first kappa shape index (κ1) is 17.4. The molecule has 2 N–H and O–H groups in total. The highest BCUT2D eigenvalue weighted by Gasteiger charge is 2.19. The third kappa shape index (κ3) is 4.06. The number of pyridine rings is 1. The summed E-state index contributed by atoms with van der Waals surface area (Å²) in [5, 5.41) is 10.1. The Hall–Kier alpha value is -2.99. The van der Waals surface area contributed by atoms with Gasteiger partial charge in [0.05, 0.1) is 5.69 Å². The number of aromatic nitrogens is 3. The number of hydrogen-bond acceptors (Lipinski definition) is 4. The fourth-order valence-corrected chi connectivity index (χ4v) is 3.53. The number of aromatic amines is 1. The van der Waals surface area contributed by atoms with Crippen LogP contribution in [-0.4, -0.2) is 45.1 Å². The van der Waals surface area contributed by atoms with Crippen LogP contribution in [0.2, 0.25) is 0 Å². The Balaban J connectivity index is 1.34. The SMILES string of the molecule is C[C@H](CN1CCc2ccccc2C1)NC(=O)c1cc(-c2ccccn2)n[nH]1. The van der Waals surface area contributed by atoms with Gasteiger partial charge >= 0.3 is 0 Å². The largest absolute Gasteiger partial charge is 0.347 e. The van der Waals surface area contributed by atoms with Gasteiger partial charge in [-0.25, -0.2) is 0 Å². The maximum atomic E-state index is 12.5. The van der Waals surface area contributed by atoms with Crippen molar-refractivity contribution in [2.45, 2.75) is 25.9 Å². The first-order valence-corrected chi connectivity index (χ1v) is 9.26. The summed E-state index contributed by atoms with van der Waals surface area (Å²) in [6.07, 6.45) is 2.77. The molecule has 0 radical (unpaired) electrons. The molecule has 1 aliphatic heterocycles. The molecule has 1 aliphatic rings. The minimum Gasteiger partial charge on any atom is -0.347 e. The molecule has 3 aromatic rings. The van der Waals surface area contributed by atoms with Crippen molar-refractivity contribution in [2.24, 2.45) is 0 Å². The highest BCUT2D eigenvalue weighted by atomic mass is 16.2. The summed E-state index contributed by atoms with van der Waals surface area (Å²) < 4.78 is 0. The highest BCUT2D eigenvalue weighted by Crippen LogP contribution is 2.18. The van der Waals surface area contributed by atoms with Gasteiger partial charge in [0.2, 0.25) is 0 Å². The quantitative estimate of drug-likeness (QED) is 0.733. The molecule has 0 bridgehead atoms. The van der Waals surface area contributed by atoms with Crippen molar-refractivity contribution < 1.29 is 4.79 Å². The summed E-state index contributed by atoms with van der Waals surface area (Å²) in [5.41, 5.74) is 4.68. The average Bonchev–Trinajstić information content (AvgIpc) is 3.19. The van der Waals surface area contributed by atoms with E-state index in [1.165, 1.54) is 11.1 Å². The molecule has 1 amide bonds. The molecule has 0 aliphatic carbocycles. The second-order valence-electron chi connectivity index (χ2n) is 7.01. The van der Waals surface area contributed by atoms with Crippen LogP contribution >= 0.6 is 0 Å². The number of rotatable bonds is 5. The Kier molecular flexibility index (Phi) is 4.98. The molecule has 0 saturated heterocycles. The van der Waals surface area contributed by atoms with E-state index >= 15 is 0 Å². The summed E-state index contributed by atoms with van der Waals surface area (Å²) in [6.45, 7) is 4.81. The third-order valence-electron chi connectivity index (χ3n) is 4.87. The lowest BCUT2D eigenvalue weighted by atomic mass is 10.00. The molecule has 6 heteroatoms. The molecule has 1 atom stereocenters. The van der Waals surface area contributed by atoms with Gasteiger partial charge in [-0.15, -0.1) is 0 Å². The summed E-state index contributed by atoms with van der Waals surface area (Å²) >= 11 is 0. The van der Waals surface area contributed by atoms with Gasteiger partial charge in [-0.2, -0.15) is 5.10 Å². The summed E-state index contributed by atoms with van der Waals surface area (Å²) in [4.78, 5) is 19.2. The number of hydrogen-bond donors (Lipinski definition) is 2. The van der Waals surface area contributed by atoms with Crippen molar-refractivity contribution in [1.82, 2.24) is 25.4 Å². The minimum absolute atomic E-state index is 0.0457. The van der Waals surface area contributed by atoms with Crippen LogP contribution in [0.25, 0.3) is 11.4 Å². The van der Waals surface area contributed by atoms with Crippen LogP contribution in [0.1, 0.15) is 28.5 Å². The maximum absolute atomic E-state index is 12.5. The smallest absolute Gasteiger partial charge is 0.269 e.